The minimum absolute atomic E-state index is 0.273. The molecule has 6 heteroatoms. The average molecular weight is 321 g/mol. The monoisotopic (exact) mass is 321 g/mol. The fourth-order valence-corrected chi connectivity index (χ4v) is 1.88. The molecule has 1 amide bonds. The predicted octanol–water partition coefficient (Wildman–Crippen LogP) is 2.48. The van der Waals surface area contributed by atoms with Gasteiger partial charge in [-0.3, -0.25) is 4.79 Å². The van der Waals surface area contributed by atoms with Gasteiger partial charge in [0.15, 0.2) is 18.1 Å². The standard InChI is InChI=1S/C17H23NO5/c1-5-7-12-8-9-13(14(10-12)22-4)23-11-15(19)18-17(3,6-2)16(20)21/h5,7-10H,6,11H2,1-4H3,(H,18,19)(H,20,21)/b7-5+. The number of carboxylic acid groups (broad SMARTS) is 1. The highest BCUT2D eigenvalue weighted by Gasteiger charge is 2.32. The van der Waals surface area contributed by atoms with Gasteiger partial charge in [-0.15, -0.1) is 0 Å². The second-order valence-electron chi connectivity index (χ2n) is 5.24. The van der Waals surface area contributed by atoms with Crippen LogP contribution in [0.2, 0.25) is 0 Å². The van der Waals surface area contributed by atoms with Crippen molar-refractivity contribution in [3.63, 3.8) is 0 Å². The Kier molecular flexibility index (Phi) is 6.63. The van der Waals surface area contributed by atoms with Gasteiger partial charge < -0.3 is 19.9 Å². The molecule has 0 aliphatic heterocycles. The van der Waals surface area contributed by atoms with Crippen LogP contribution < -0.4 is 14.8 Å². The van der Waals surface area contributed by atoms with E-state index in [1.165, 1.54) is 14.0 Å². The Hall–Kier alpha value is -2.50. The van der Waals surface area contributed by atoms with E-state index in [1.54, 1.807) is 19.1 Å². The maximum atomic E-state index is 11.9. The molecule has 6 nitrogen and oxygen atoms in total. The van der Waals surface area contributed by atoms with Crippen LogP contribution in [0, 0.1) is 0 Å². The summed E-state index contributed by atoms with van der Waals surface area (Å²) in [7, 11) is 1.51. The zero-order valence-electron chi connectivity index (χ0n) is 13.9. The highest BCUT2D eigenvalue weighted by Crippen LogP contribution is 2.28. The number of nitrogens with one attached hydrogen (secondary N) is 1. The third-order valence-corrected chi connectivity index (χ3v) is 3.50. The highest BCUT2D eigenvalue weighted by molar-refractivity contribution is 5.87. The van der Waals surface area contributed by atoms with Crippen molar-refractivity contribution >= 4 is 18.0 Å². The lowest BCUT2D eigenvalue weighted by Gasteiger charge is -2.24. The van der Waals surface area contributed by atoms with Gasteiger partial charge in [-0.05, 0) is 38.0 Å². The largest absolute Gasteiger partial charge is 0.493 e. The summed E-state index contributed by atoms with van der Waals surface area (Å²) < 4.78 is 10.7. The summed E-state index contributed by atoms with van der Waals surface area (Å²) >= 11 is 0. The summed E-state index contributed by atoms with van der Waals surface area (Å²) in [6.45, 7) is 4.77. The number of hydrogen-bond donors (Lipinski definition) is 2. The van der Waals surface area contributed by atoms with Gasteiger partial charge in [0.25, 0.3) is 5.91 Å². The number of carbonyl (C=O) groups excluding carboxylic acids is 1. The first-order chi connectivity index (χ1) is 10.9. The second-order valence-corrected chi connectivity index (χ2v) is 5.24. The van der Waals surface area contributed by atoms with Gasteiger partial charge in [0.1, 0.15) is 5.54 Å². The molecule has 1 aromatic rings. The maximum absolute atomic E-state index is 11.9. The maximum Gasteiger partial charge on any atom is 0.329 e. The van der Waals surface area contributed by atoms with E-state index in [4.69, 9.17) is 14.6 Å². The van der Waals surface area contributed by atoms with Crippen molar-refractivity contribution in [1.82, 2.24) is 5.32 Å². The van der Waals surface area contributed by atoms with E-state index >= 15 is 0 Å². The molecule has 0 saturated heterocycles. The lowest BCUT2D eigenvalue weighted by molar-refractivity contribution is -0.147. The lowest BCUT2D eigenvalue weighted by Crippen LogP contribution is -2.53. The number of allylic oxidation sites excluding steroid dienone is 1. The number of ether oxygens (including phenoxy) is 2. The number of rotatable bonds is 8. The summed E-state index contributed by atoms with van der Waals surface area (Å²) in [5.74, 6) is -0.660. The molecular weight excluding hydrogens is 298 g/mol. The third-order valence-electron chi connectivity index (χ3n) is 3.50. The summed E-state index contributed by atoms with van der Waals surface area (Å²) in [4.78, 5) is 23.1. The van der Waals surface area contributed by atoms with Gasteiger partial charge in [0.05, 0.1) is 7.11 Å². The number of carboxylic acids is 1. The summed E-state index contributed by atoms with van der Waals surface area (Å²) in [6.07, 6.45) is 4.09. The van der Waals surface area contributed by atoms with Crippen LogP contribution in [-0.4, -0.2) is 36.2 Å². The van der Waals surface area contributed by atoms with Crippen molar-refractivity contribution in [3.05, 3.63) is 29.8 Å². The molecule has 0 saturated carbocycles. The van der Waals surface area contributed by atoms with E-state index in [2.05, 4.69) is 5.32 Å². The van der Waals surface area contributed by atoms with Crippen LogP contribution in [0.15, 0.2) is 24.3 Å². The molecule has 0 bridgehead atoms. The van der Waals surface area contributed by atoms with Crippen molar-refractivity contribution in [2.45, 2.75) is 32.7 Å². The van der Waals surface area contributed by atoms with Crippen LogP contribution in [0.4, 0.5) is 0 Å². The molecule has 1 atom stereocenters. The summed E-state index contributed by atoms with van der Waals surface area (Å²) in [6, 6.07) is 5.33. The van der Waals surface area contributed by atoms with E-state index in [9.17, 15) is 9.59 Å². The first-order valence-corrected chi connectivity index (χ1v) is 7.34. The first kappa shape index (κ1) is 18.5. The molecule has 0 radical (unpaired) electrons. The Morgan fingerprint density at radius 3 is 2.57 bits per heavy atom. The molecule has 0 aromatic heterocycles. The molecular formula is C17H23NO5. The van der Waals surface area contributed by atoms with Crippen molar-refractivity contribution in [1.29, 1.82) is 0 Å². The quantitative estimate of drug-likeness (QED) is 0.768. The normalized spacial score (nSPS) is 13.4. The molecule has 126 valence electrons. The number of hydrogen-bond acceptors (Lipinski definition) is 4. The van der Waals surface area contributed by atoms with Gasteiger partial charge in [-0.2, -0.15) is 0 Å². The lowest BCUT2D eigenvalue weighted by atomic mass is 9.99. The molecule has 0 aliphatic carbocycles. The molecule has 1 unspecified atom stereocenters. The van der Waals surface area contributed by atoms with Gasteiger partial charge in [-0.25, -0.2) is 4.79 Å². The number of methoxy groups -OCH3 is 1. The number of carbonyl (C=O) groups is 2. The van der Waals surface area contributed by atoms with E-state index < -0.39 is 17.4 Å². The van der Waals surface area contributed by atoms with Crippen molar-refractivity contribution < 1.29 is 24.2 Å². The molecule has 0 spiro atoms. The molecule has 0 aliphatic rings. The number of benzene rings is 1. The van der Waals surface area contributed by atoms with Gasteiger partial charge in [-0.1, -0.05) is 25.1 Å². The van der Waals surface area contributed by atoms with E-state index in [0.717, 1.165) is 5.56 Å². The zero-order valence-corrected chi connectivity index (χ0v) is 13.9. The minimum atomic E-state index is -1.31. The minimum Gasteiger partial charge on any atom is -0.493 e. The summed E-state index contributed by atoms with van der Waals surface area (Å²) in [5.41, 5.74) is -0.356. The first-order valence-electron chi connectivity index (χ1n) is 7.34. The number of aliphatic carboxylic acids is 1. The molecule has 0 fully saturated rings. The Labute approximate surface area is 136 Å². The molecule has 23 heavy (non-hydrogen) atoms. The second kappa shape index (κ2) is 8.22. The van der Waals surface area contributed by atoms with Crippen LogP contribution in [0.1, 0.15) is 32.8 Å². The average Bonchev–Trinajstić information content (AvgIpc) is 2.53. The van der Waals surface area contributed by atoms with Gasteiger partial charge in [0, 0.05) is 0 Å². The smallest absolute Gasteiger partial charge is 0.329 e. The van der Waals surface area contributed by atoms with Crippen molar-refractivity contribution in [3.8, 4) is 11.5 Å². The molecule has 2 N–H and O–H groups in total. The Bertz CT molecular complexity index is 597. The SMILES string of the molecule is C/C=C/c1ccc(OCC(=O)NC(C)(CC)C(=O)O)c(OC)c1. The van der Waals surface area contributed by atoms with Crippen LogP contribution in [-0.2, 0) is 9.59 Å². The van der Waals surface area contributed by atoms with Crippen LogP contribution in [0.5, 0.6) is 11.5 Å². The van der Waals surface area contributed by atoms with Gasteiger partial charge in [0.2, 0.25) is 0 Å². The number of amides is 1. The van der Waals surface area contributed by atoms with Crippen molar-refractivity contribution in [2.24, 2.45) is 0 Å². The molecule has 0 heterocycles. The molecule has 1 aromatic carbocycles. The fourth-order valence-electron chi connectivity index (χ4n) is 1.88. The molecule has 1 rings (SSSR count). The van der Waals surface area contributed by atoms with Crippen molar-refractivity contribution in [2.75, 3.05) is 13.7 Å². The van der Waals surface area contributed by atoms with E-state index in [-0.39, 0.29) is 13.0 Å². The Morgan fingerprint density at radius 1 is 1.35 bits per heavy atom. The Balaban J connectivity index is 2.74. The van der Waals surface area contributed by atoms with Crippen LogP contribution >= 0.6 is 0 Å². The fraction of sp³-hybridized carbons (Fsp3) is 0.412. The Morgan fingerprint density at radius 2 is 2.04 bits per heavy atom. The van der Waals surface area contributed by atoms with E-state index in [0.29, 0.717) is 11.5 Å². The topological polar surface area (TPSA) is 84.9 Å². The zero-order chi connectivity index (χ0) is 17.5. The van der Waals surface area contributed by atoms with Crippen LogP contribution in [0.3, 0.4) is 0 Å². The highest BCUT2D eigenvalue weighted by atomic mass is 16.5. The predicted molar refractivity (Wildman–Crippen MR) is 87.7 cm³/mol. The van der Waals surface area contributed by atoms with Gasteiger partial charge >= 0.3 is 5.97 Å². The van der Waals surface area contributed by atoms with Crippen LogP contribution in [0.25, 0.3) is 6.08 Å². The van der Waals surface area contributed by atoms with E-state index in [1.807, 2.05) is 25.1 Å². The summed E-state index contributed by atoms with van der Waals surface area (Å²) in [5, 5.41) is 11.6. The third kappa shape index (κ3) is 5.02.